The Bertz CT molecular complexity index is 569. The minimum Gasteiger partial charge on any atom is -0.457 e. The second kappa shape index (κ2) is 7.63. The molecule has 0 heterocycles. The highest BCUT2D eigenvalue weighted by Crippen LogP contribution is 2.34. The van der Waals surface area contributed by atoms with Crippen LogP contribution in [0.2, 0.25) is 0 Å². The molecule has 3 N–H and O–H groups in total. The largest absolute Gasteiger partial charge is 0.457 e. The Labute approximate surface area is 137 Å². The summed E-state index contributed by atoms with van der Waals surface area (Å²) in [6.45, 7) is 0. The third-order valence-electron chi connectivity index (χ3n) is 4.24. The Balaban J connectivity index is 0.00000176. The van der Waals surface area contributed by atoms with Gasteiger partial charge in [-0.15, -0.1) is 12.4 Å². The molecule has 118 valence electrons. The number of nitrogens with two attached hydrogens (primary N) is 1. The predicted molar refractivity (Wildman–Crippen MR) is 90.5 cm³/mol. The molecular formula is C18H22ClNO2. The number of ether oxygens (including phenoxy) is 1. The molecular weight excluding hydrogens is 298 g/mol. The van der Waals surface area contributed by atoms with Crippen LogP contribution in [0, 0.1) is 5.92 Å². The SMILES string of the molecule is Cl.N[C@@H](c1ccc(Oc2ccccc2)cc1)[C@H](O)C1CCC1. The van der Waals surface area contributed by atoms with E-state index in [1.54, 1.807) is 0 Å². The summed E-state index contributed by atoms with van der Waals surface area (Å²) in [5.74, 6) is 1.94. The van der Waals surface area contributed by atoms with Crippen LogP contribution in [0.5, 0.6) is 11.5 Å². The molecule has 22 heavy (non-hydrogen) atoms. The van der Waals surface area contributed by atoms with E-state index in [0.717, 1.165) is 29.9 Å². The van der Waals surface area contributed by atoms with E-state index in [2.05, 4.69) is 0 Å². The number of hydrogen-bond donors (Lipinski definition) is 2. The number of halogens is 1. The van der Waals surface area contributed by atoms with Crippen LogP contribution in [0.1, 0.15) is 30.9 Å². The zero-order valence-electron chi connectivity index (χ0n) is 12.4. The van der Waals surface area contributed by atoms with Crippen molar-refractivity contribution in [3.63, 3.8) is 0 Å². The Morgan fingerprint density at radius 2 is 1.55 bits per heavy atom. The Kier molecular flexibility index (Phi) is 5.83. The van der Waals surface area contributed by atoms with Gasteiger partial charge in [-0.3, -0.25) is 0 Å². The summed E-state index contributed by atoms with van der Waals surface area (Å²) < 4.78 is 5.75. The highest BCUT2D eigenvalue weighted by molar-refractivity contribution is 5.85. The summed E-state index contributed by atoms with van der Waals surface area (Å²) in [6.07, 6.45) is 2.94. The van der Waals surface area contributed by atoms with Crippen molar-refractivity contribution in [2.45, 2.75) is 31.4 Å². The zero-order valence-corrected chi connectivity index (χ0v) is 13.2. The normalized spacial score (nSPS) is 17.0. The molecule has 2 aromatic rings. The monoisotopic (exact) mass is 319 g/mol. The van der Waals surface area contributed by atoms with Crippen molar-refractivity contribution in [2.24, 2.45) is 11.7 Å². The first-order valence-electron chi connectivity index (χ1n) is 7.50. The molecule has 0 saturated heterocycles. The second-order valence-electron chi connectivity index (χ2n) is 5.69. The molecule has 4 heteroatoms. The molecule has 2 aromatic carbocycles. The Morgan fingerprint density at radius 3 is 2.09 bits per heavy atom. The Hall–Kier alpha value is -1.55. The lowest BCUT2D eigenvalue weighted by molar-refractivity contribution is 0.0413. The van der Waals surface area contributed by atoms with Gasteiger partial charge in [-0.2, -0.15) is 0 Å². The lowest BCUT2D eigenvalue weighted by Gasteiger charge is -2.33. The molecule has 3 nitrogen and oxygen atoms in total. The van der Waals surface area contributed by atoms with Crippen molar-refractivity contribution in [3.05, 3.63) is 60.2 Å². The van der Waals surface area contributed by atoms with Crippen LogP contribution in [-0.4, -0.2) is 11.2 Å². The quantitative estimate of drug-likeness (QED) is 0.873. The van der Waals surface area contributed by atoms with E-state index >= 15 is 0 Å². The first-order valence-corrected chi connectivity index (χ1v) is 7.50. The second-order valence-corrected chi connectivity index (χ2v) is 5.69. The van der Waals surface area contributed by atoms with Crippen LogP contribution in [0.25, 0.3) is 0 Å². The van der Waals surface area contributed by atoms with Gasteiger partial charge in [0.05, 0.1) is 12.1 Å². The number of para-hydroxylation sites is 1. The highest BCUT2D eigenvalue weighted by atomic mass is 35.5. The molecule has 0 aliphatic heterocycles. The Morgan fingerprint density at radius 1 is 0.955 bits per heavy atom. The molecule has 3 rings (SSSR count). The van der Waals surface area contributed by atoms with Gasteiger partial charge in [0.1, 0.15) is 11.5 Å². The molecule has 0 bridgehead atoms. The van der Waals surface area contributed by atoms with Crippen molar-refractivity contribution in [3.8, 4) is 11.5 Å². The molecule has 1 aliphatic carbocycles. The molecule has 0 aromatic heterocycles. The van der Waals surface area contributed by atoms with Crippen molar-refractivity contribution < 1.29 is 9.84 Å². The van der Waals surface area contributed by atoms with Crippen LogP contribution in [0.4, 0.5) is 0 Å². The van der Waals surface area contributed by atoms with Crippen molar-refractivity contribution in [2.75, 3.05) is 0 Å². The average molecular weight is 320 g/mol. The van der Waals surface area contributed by atoms with Gasteiger partial charge in [-0.05, 0) is 48.6 Å². The van der Waals surface area contributed by atoms with Gasteiger partial charge in [0, 0.05) is 0 Å². The topological polar surface area (TPSA) is 55.5 Å². The number of benzene rings is 2. The summed E-state index contributed by atoms with van der Waals surface area (Å²) in [5, 5.41) is 10.2. The average Bonchev–Trinajstić information content (AvgIpc) is 2.46. The van der Waals surface area contributed by atoms with E-state index in [-0.39, 0.29) is 18.4 Å². The predicted octanol–water partition coefficient (Wildman–Crippen LogP) is 4.06. The highest BCUT2D eigenvalue weighted by Gasteiger charge is 2.30. The minimum absolute atomic E-state index is 0. The fourth-order valence-corrected chi connectivity index (χ4v) is 2.65. The zero-order chi connectivity index (χ0) is 14.7. The maximum Gasteiger partial charge on any atom is 0.127 e. The van der Waals surface area contributed by atoms with E-state index < -0.39 is 6.10 Å². The van der Waals surface area contributed by atoms with E-state index in [9.17, 15) is 5.11 Å². The number of aliphatic hydroxyl groups is 1. The van der Waals surface area contributed by atoms with E-state index in [4.69, 9.17) is 10.5 Å². The van der Waals surface area contributed by atoms with Crippen LogP contribution in [0.15, 0.2) is 54.6 Å². The van der Waals surface area contributed by atoms with Gasteiger partial charge in [-0.25, -0.2) is 0 Å². The third-order valence-corrected chi connectivity index (χ3v) is 4.24. The fourth-order valence-electron chi connectivity index (χ4n) is 2.65. The molecule has 0 unspecified atom stereocenters. The molecule has 1 aliphatic rings. The van der Waals surface area contributed by atoms with Crippen molar-refractivity contribution >= 4 is 12.4 Å². The maximum absolute atomic E-state index is 10.2. The van der Waals surface area contributed by atoms with Crippen LogP contribution >= 0.6 is 12.4 Å². The van der Waals surface area contributed by atoms with E-state index in [1.807, 2.05) is 54.6 Å². The summed E-state index contributed by atoms with van der Waals surface area (Å²) in [5.41, 5.74) is 7.11. The first kappa shape index (κ1) is 16.8. The lowest BCUT2D eigenvalue weighted by atomic mass is 9.77. The van der Waals surface area contributed by atoms with Crippen LogP contribution < -0.4 is 10.5 Å². The van der Waals surface area contributed by atoms with Crippen LogP contribution in [0.3, 0.4) is 0 Å². The first-order chi connectivity index (χ1) is 10.2. The summed E-state index contributed by atoms with van der Waals surface area (Å²) >= 11 is 0. The van der Waals surface area contributed by atoms with Crippen LogP contribution in [-0.2, 0) is 0 Å². The maximum atomic E-state index is 10.2. The molecule has 0 radical (unpaired) electrons. The number of rotatable bonds is 5. The minimum atomic E-state index is -0.445. The molecule has 1 fully saturated rings. The fraction of sp³-hybridized carbons (Fsp3) is 0.333. The van der Waals surface area contributed by atoms with Gasteiger partial charge < -0.3 is 15.6 Å². The molecule has 2 atom stereocenters. The number of hydrogen-bond acceptors (Lipinski definition) is 3. The van der Waals surface area contributed by atoms with E-state index in [0.29, 0.717) is 5.92 Å². The standard InChI is InChI=1S/C18H21NO2.ClH/c19-17(18(20)14-5-4-6-14)13-9-11-16(12-10-13)21-15-7-2-1-3-8-15;/h1-3,7-12,14,17-18,20H,4-6,19H2;1H/t17-,18+;/m0./s1. The molecule has 0 amide bonds. The van der Waals surface area contributed by atoms with Gasteiger partial charge in [0.25, 0.3) is 0 Å². The summed E-state index contributed by atoms with van der Waals surface area (Å²) in [6, 6.07) is 17.0. The lowest BCUT2D eigenvalue weighted by Crippen LogP contribution is -2.36. The summed E-state index contributed by atoms with van der Waals surface area (Å²) in [4.78, 5) is 0. The van der Waals surface area contributed by atoms with Gasteiger partial charge >= 0.3 is 0 Å². The van der Waals surface area contributed by atoms with E-state index in [1.165, 1.54) is 6.42 Å². The van der Waals surface area contributed by atoms with Crippen molar-refractivity contribution in [1.82, 2.24) is 0 Å². The number of aliphatic hydroxyl groups excluding tert-OH is 1. The van der Waals surface area contributed by atoms with Gasteiger partial charge in [-0.1, -0.05) is 36.8 Å². The molecule has 0 spiro atoms. The molecule has 1 saturated carbocycles. The van der Waals surface area contributed by atoms with Crippen molar-refractivity contribution in [1.29, 1.82) is 0 Å². The third kappa shape index (κ3) is 3.80. The van der Waals surface area contributed by atoms with Gasteiger partial charge in [0.2, 0.25) is 0 Å². The van der Waals surface area contributed by atoms with Gasteiger partial charge in [0.15, 0.2) is 0 Å². The summed E-state index contributed by atoms with van der Waals surface area (Å²) in [7, 11) is 0. The smallest absolute Gasteiger partial charge is 0.127 e.